The van der Waals surface area contributed by atoms with Crippen LogP contribution in [0.3, 0.4) is 0 Å². The van der Waals surface area contributed by atoms with Crippen LogP contribution in [0.4, 0.5) is 10.1 Å². The fourth-order valence-corrected chi connectivity index (χ4v) is 3.48. The minimum atomic E-state index is -0.377. The van der Waals surface area contributed by atoms with E-state index < -0.39 is 0 Å². The molecular formula is C20H21FIN3O2. The molecule has 0 bridgehead atoms. The Kier molecular flexibility index (Phi) is 6.65. The molecule has 1 heterocycles. The van der Waals surface area contributed by atoms with Crippen molar-refractivity contribution in [2.45, 2.75) is 19.8 Å². The highest BCUT2D eigenvalue weighted by molar-refractivity contribution is 14.1. The number of ether oxygens (including phenoxy) is 1. The van der Waals surface area contributed by atoms with Gasteiger partial charge < -0.3 is 9.64 Å². The molecule has 1 aliphatic heterocycles. The van der Waals surface area contributed by atoms with Gasteiger partial charge in [0.05, 0.1) is 15.5 Å². The molecule has 0 aliphatic carbocycles. The van der Waals surface area contributed by atoms with Crippen molar-refractivity contribution in [3.05, 3.63) is 56.9 Å². The van der Waals surface area contributed by atoms with Crippen LogP contribution in [0.1, 0.15) is 24.0 Å². The smallest absolute Gasteiger partial charge is 0.277 e. The third kappa shape index (κ3) is 5.18. The van der Waals surface area contributed by atoms with Gasteiger partial charge in [-0.2, -0.15) is 5.10 Å². The van der Waals surface area contributed by atoms with E-state index in [9.17, 15) is 9.18 Å². The van der Waals surface area contributed by atoms with E-state index in [4.69, 9.17) is 4.74 Å². The lowest BCUT2D eigenvalue weighted by molar-refractivity contribution is -0.123. The average Bonchev–Trinajstić information content (AvgIpc) is 3.18. The van der Waals surface area contributed by atoms with Crippen molar-refractivity contribution in [1.29, 1.82) is 0 Å². The van der Waals surface area contributed by atoms with Gasteiger partial charge >= 0.3 is 0 Å². The number of halogens is 2. The maximum atomic E-state index is 14.4. The number of aryl methyl sites for hydroxylation is 1. The Labute approximate surface area is 171 Å². The van der Waals surface area contributed by atoms with Crippen molar-refractivity contribution in [2.24, 2.45) is 5.10 Å². The molecule has 0 aromatic heterocycles. The van der Waals surface area contributed by atoms with Crippen LogP contribution in [0.2, 0.25) is 0 Å². The van der Waals surface area contributed by atoms with E-state index in [1.807, 2.05) is 31.2 Å². The summed E-state index contributed by atoms with van der Waals surface area (Å²) in [4.78, 5) is 13.9. The van der Waals surface area contributed by atoms with Crippen molar-refractivity contribution in [3.63, 3.8) is 0 Å². The molecule has 7 heteroatoms. The highest BCUT2D eigenvalue weighted by Gasteiger charge is 2.17. The predicted molar refractivity (Wildman–Crippen MR) is 113 cm³/mol. The zero-order valence-corrected chi connectivity index (χ0v) is 17.2. The Bertz CT molecular complexity index is 851. The molecule has 5 nitrogen and oxygen atoms in total. The summed E-state index contributed by atoms with van der Waals surface area (Å²) in [7, 11) is 0. The van der Waals surface area contributed by atoms with Gasteiger partial charge in [0.25, 0.3) is 5.91 Å². The van der Waals surface area contributed by atoms with Crippen molar-refractivity contribution in [1.82, 2.24) is 5.43 Å². The number of amides is 1. The monoisotopic (exact) mass is 481 g/mol. The molecule has 1 saturated heterocycles. The molecule has 0 spiro atoms. The summed E-state index contributed by atoms with van der Waals surface area (Å²) >= 11 is 2.14. The summed E-state index contributed by atoms with van der Waals surface area (Å²) in [5.74, 6) is 0.00243. The summed E-state index contributed by atoms with van der Waals surface area (Å²) in [5.41, 5.74) is 4.59. The Morgan fingerprint density at radius 3 is 2.81 bits per heavy atom. The van der Waals surface area contributed by atoms with Crippen molar-refractivity contribution < 1.29 is 13.9 Å². The van der Waals surface area contributed by atoms with Gasteiger partial charge in [0, 0.05) is 18.7 Å². The summed E-state index contributed by atoms with van der Waals surface area (Å²) < 4.78 is 20.8. The van der Waals surface area contributed by atoms with Gasteiger partial charge in [-0.25, -0.2) is 9.82 Å². The van der Waals surface area contributed by atoms with Gasteiger partial charge in [-0.1, -0.05) is 12.1 Å². The number of hydrazone groups is 1. The van der Waals surface area contributed by atoms with Gasteiger partial charge in [-0.3, -0.25) is 4.79 Å². The Balaban J connectivity index is 1.56. The fraction of sp³-hybridized carbons (Fsp3) is 0.300. The number of nitrogens with zero attached hydrogens (tertiary/aromatic N) is 2. The number of hydrogen-bond donors (Lipinski definition) is 1. The molecule has 3 rings (SSSR count). The maximum absolute atomic E-state index is 14.4. The molecule has 2 aromatic rings. The topological polar surface area (TPSA) is 53.9 Å². The molecule has 0 unspecified atom stereocenters. The van der Waals surface area contributed by atoms with Crippen LogP contribution in [0, 0.1) is 16.3 Å². The third-order valence-corrected chi connectivity index (χ3v) is 5.26. The Morgan fingerprint density at radius 1 is 1.33 bits per heavy atom. The van der Waals surface area contributed by atoms with Crippen LogP contribution in [-0.4, -0.2) is 31.8 Å². The molecule has 2 aromatic carbocycles. The number of rotatable bonds is 6. The van der Waals surface area contributed by atoms with E-state index in [2.05, 4.69) is 38.0 Å². The number of nitrogens with one attached hydrogen (secondary N) is 1. The second-order valence-electron chi connectivity index (χ2n) is 6.37. The fourth-order valence-electron chi connectivity index (χ4n) is 2.93. The van der Waals surface area contributed by atoms with Gasteiger partial charge in [-0.05, 0) is 72.2 Å². The molecule has 1 fully saturated rings. The van der Waals surface area contributed by atoms with Crippen LogP contribution in [-0.2, 0) is 4.79 Å². The van der Waals surface area contributed by atoms with E-state index in [1.165, 1.54) is 12.3 Å². The van der Waals surface area contributed by atoms with Crippen LogP contribution in [0.5, 0.6) is 5.75 Å². The largest absolute Gasteiger partial charge is 0.483 e. The van der Waals surface area contributed by atoms with Crippen molar-refractivity contribution in [3.8, 4) is 5.75 Å². The molecule has 1 aliphatic rings. The average molecular weight is 481 g/mol. The van der Waals surface area contributed by atoms with Gasteiger partial charge in [0.15, 0.2) is 6.61 Å². The van der Waals surface area contributed by atoms with Crippen LogP contribution >= 0.6 is 22.6 Å². The van der Waals surface area contributed by atoms with Crippen LogP contribution < -0.4 is 15.1 Å². The number of para-hydroxylation sites is 1. The number of anilines is 1. The first-order chi connectivity index (χ1) is 13.0. The SMILES string of the molecule is Cc1cc(N2CCCC2)c(F)cc1C=NNC(=O)COc1ccccc1I. The molecule has 0 radical (unpaired) electrons. The summed E-state index contributed by atoms with van der Waals surface area (Å²) in [6, 6.07) is 10.7. The number of carbonyl (C=O) groups is 1. The maximum Gasteiger partial charge on any atom is 0.277 e. The van der Waals surface area contributed by atoms with E-state index in [0.717, 1.165) is 35.1 Å². The normalized spacial score (nSPS) is 14.0. The van der Waals surface area contributed by atoms with Gasteiger partial charge in [0.2, 0.25) is 0 Å². The standard InChI is InChI=1S/C20H21FIN3O2/c1-14-10-18(25-8-4-5-9-25)16(21)11-15(14)12-23-24-20(26)13-27-19-7-3-2-6-17(19)22/h2-3,6-7,10-12H,4-5,8-9,13H2,1H3,(H,24,26). The van der Waals surface area contributed by atoms with Crippen LogP contribution in [0.15, 0.2) is 41.5 Å². The molecule has 1 amide bonds. The zero-order valence-electron chi connectivity index (χ0n) is 15.0. The number of benzene rings is 2. The lowest BCUT2D eigenvalue weighted by Gasteiger charge is -2.19. The van der Waals surface area contributed by atoms with Gasteiger partial charge in [-0.15, -0.1) is 0 Å². The third-order valence-electron chi connectivity index (χ3n) is 4.37. The lowest BCUT2D eigenvalue weighted by Crippen LogP contribution is -2.24. The number of hydrogen-bond acceptors (Lipinski definition) is 4. The van der Waals surface area contributed by atoms with E-state index in [1.54, 1.807) is 6.07 Å². The Hall–Kier alpha value is -2.16. The van der Waals surface area contributed by atoms with E-state index in [0.29, 0.717) is 17.0 Å². The van der Waals surface area contributed by atoms with Gasteiger partial charge in [0.1, 0.15) is 11.6 Å². The Morgan fingerprint density at radius 2 is 2.07 bits per heavy atom. The quantitative estimate of drug-likeness (QED) is 0.388. The summed E-state index contributed by atoms with van der Waals surface area (Å²) in [5, 5.41) is 3.92. The minimum Gasteiger partial charge on any atom is -0.483 e. The summed E-state index contributed by atoms with van der Waals surface area (Å²) in [6.45, 7) is 3.54. The molecule has 142 valence electrons. The molecular weight excluding hydrogens is 460 g/mol. The van der Waals surface area contributed by atoms with Crippen molar-refractivity contribution in [2.75, 3.05) is 24.6 Å². The first-order valence-corrected chi connectivity index (χ1v) is 9.87. The zero-order chi connectivity index (χ0) is 19.2. The second-order valence-corrected chi connectivity index (χ2v) is 7.53. The number of carbonyl (C=O) groups excluding carboxylic acids is 1. The second kappa shape index (κ2) is 9.16. The first-order valence-electron chi connectivity index (χ1n) is 8.79. The molecule has 27 heavy (non-hydrogen) atoms. The highest BCUT2D eigenvalue weighted by Crippen LogP contribution is 2.26. The lowest BCUT2D eigenvalue weighted by atomic mass is 10.1. The minimum absolute atomic E-state index is 0.140. The molecule has 0 atom stereocenters. The van der Waals surface area contributed by atoms with Crippen LogP contribution in [0.25, 0.3) is 0 Å². The van der Waals surface area contributed by atoms with E-state index >= 15 is 0 Å². The molecule has 1 N–H and O–H groups in total. The first kappa shape index (κ1) is 19.6. The predicted octanol–water partition coefficient (Wildman–Crippen LogP) is 3.87. The van der Waals surface area contributed by atoms with E-state index in [-0.39, 0.29) is 18.3 Å². The highest BCUT2D eigenvalue weighted by atomic mass is 127. The van der Waals surface area contributed by atoms with Crippen molar-refractivity contribution >= 4 is 40.4 Å². The molecule has 0 saturated carbocycles. The summed E-state index contributed by atoms with van der Waals surface area (Å²) in [6.07, 6.45) is 3.64.